The van der Waals surface area contributed by atoms with Gasteiger partial charge in [-0.05, 0) is 30.7 Å². The number of carbonyl (C=O) groups is 1. The highest BCUT2D eigenvalue weighted by Gasteiger charge is 2.22. The van der Waals surface area contributed by atoms with Crippen LogP contribution in [0.4, 0.5) is 10.2 Å². The number of hydroxylamine groups is 1. The van der Waals surface area contributed by atoms with Gasteiger partial charge in [-0.25, -0.2) is 10.3 Å². The van der Waals surface area contributed by atoms with Gasteiger partial charge in [0.05, 0.1) is 13.2 Å². The number of aliphatic hydroxyl groups excluding tert-OH is 1. The van der Waals surface area contributed by atoms with Crippen LogP contribution in [0.1, 0.15) is 32.6 Å². The largest absolute Gasteiger partial charge is 0.494 e. The number of aliphatic hydroxyl groups is 1. The molecule has 3 N–H and O–H groups in total. The molecule has 0 radical (unpaired) electrons. The maximum absolute atomic E-state index is 13.8. The first-order chi connectivity index (χ1) is 11.1. The molecule has 7 nitrogen and oxygen atoms in total. The maximum Gasteiger partial charge on any atom is 0.277 e. The molecule has 0 aliphatic carbocycles. The number of anilines is 1. The van der Waals surface area contributed by atoms with Crippen molar-refractivity contribution in [2.75, 3.05) is 18.5 Å². The van der Waals surface area contributed by atoms with Crippen LogP contribution in [0.5, 0.6) is 5.75 Å². The van der Waals surface area contributed by atoms with Crippen LogP contribution in [0.25, 0.3) is 0 Å². The predicted octanol–water partition coefficient (Wildman–Crippen LogP) is 2.13. The molecule has 0 spiro atoms. The molecule has 0 fully saturated rings. The molecule has 130 valence electrons. The molecule has 0 heterocycles. The van der Waals surface area contributed by atoms with Crippen molar-refractivity contribution in [1.29, 1.82) is 0 Å². The van der Waals surface area contributed by atoms with Gasteiger partial charge in [-0.1, -0.05) is 36.0 Å². The molecule has 23 heavy (non-hydrogen) atoms. The summed E-state index contributed by atoms with van der Waals surface area (Å²) in [5.74, 6) is -0.451. The summed E-state index contributed by atoms with van der Waals surface area (Å²) < 4.78 is 19.3. The Kier molecular flexibility index (Phi) is 8.96. The Morgan fingerprint density at radius 1 is 1.30 bits per heavy atom. The Balaban J connectivity index is 2.46. The fraction of sp³-hybridized carbons (Fsp3) is 0.533. The zero-order chi connectivity index (χ0) is 17.1. The topological polar surface area (TPSA) is 91.3 Å². The number of unbranched alkanes of at least 4 members (excludes halogenated alkanes) is 3. The zero-order valence-electron chi connectivity index (χ0n) is 13.1. The third kappa shape index (κ3) is 6.81. The number of nitrogens with one attached hydrogen (secondary N) is 1. The van der Waals surface area contributed by atoms with Gasteiger partial charge in [0.25, 0.3) is 5.91 Å². The number of benzene rings is 1. The van der Waals surface area contributed by atoms with Crippen LogP contribution in [-0.4, -0.2) is 35.5 Å². The van der Waals surface area contributed by atoms with Crippen LogP contribution in [0, 0.1) is 0 Å². The summed E-state index contributed by atoms with van der Waals surface area (Å²) in [4.78, 5) is 15.7. The summed E-state index contributed by atoms with van der Waals surface area (Å²) >= 11 is 0. The van der Waals surface area contributed by atoms with Gasteiger partial charge in [0.15, 0.2) is 6.10 Å². The summed E-state index contributed by atoms with van der Waals surface area (Å²) in [6, 6.07) is 5.97. The Morgan fingerprint density at radius 3 is 2.57 bits per heavy atom. The lowest BCUT2D eigenvalue weighted by Crippen LogP contribution is -2.40. The number of nitrogens with zero attached hydrogens (tertiary/aromatic N) is 1. The van der Waals surface area contributed by atoms with E-state index in [0.717, 1.165) is 19.3 Å². The van der Waals surface area contributed by atoms with Crippen LogP contribution in [0.3, 0.4) is 0 Å². The van der Waals surface area contributed by atoms with Crippen LogP contribution in [-0.2, 0) is 9.63 Å². The second-order valence-electron chi connectivity index (χ2n) is 4.90. The summed E-state index contributed by atoms with van der Waals surface area (Å²) in [6.45, 7) is 1.94. The molecular formula is C15H23FN2O5. The number of amides is 1. The molecule has 1 atom stereocenters. The van der Waals surface area contributed by atoms with Crippen molar-refractivity contribution >= 4 is 11.6 Å². The number of carbonyl (C=O) groups excluding carboxylic acids is 1. The fourth-order valence-corrected chi connectivity index (χ4v) is 1.79. The quantitative estimate of drug-likeness (QED) is 0.249. The first-order valence-electron chi connectivity index (χ1n) is 7.52. The first-order valence-corrected chi connectivity index (χ1v) is 7.52. The number of halogens is 1. The molecule has 0 aliphatic rings. The van der Waals surface area contributed by atoms with E-state index in [4.69, 9.17) is 15.1 Å². The van der Waals surface area contributed by atoms with E-state index in [1.807, 2.05) is 0 Å². The second kappa shape index (κ2) is 10.8. The van der Waals surface area contributed by atoms with E-state index >= 15 is 0 Å². The van der Waals surface area contributed by atoms with Crippen molar-refractivity contribution in [3.8, 4) is 5.75 Å². The van der Waals surface area contributed by atoms with Crippen molar-refractivity contribution in [3.05, 3.63) is 24.3 Å². The molecule has 1 amide bonds. The Bertz CT molecular complexity index is 458. The highest BCUT2D eigenvalue weighted by atomic mass is 19.2. The van der Waals surface area contributed by atoms with Gasteiger partial charge >= 0.3 is 0 Å². The van der Waals surface area contributed by atoms with E-state index in [0.29, 0.717) is 12.4 Å². The van der Waals surface area contributed by atoms with Gasteiger partial charge in [-0.3, -0.25) is 10.0 Å². The minimum atomic E-state index is -1.56. The summed E-state index contributed by atoms with van der Waals surface area (Å²) in [5.41, 5.74) is 1.30. The lowest BCUT2D eigenvalue weighted by Gasteiger charge is -2.18. The molecule has 0 aromatic heterocycles. The van der Waals surface area contributed by atoms with Gasteiger partial charge in [0, 0.05) is 0 Å². The molecule has 0 aliphatic heterocycles. The van der Waals surface area contributed by atoms with E-state index in [1.54, 1.807) is 12.1 Å². The lowest BCUT2D eigenvalue weighted by atomic mass is 10.2. The van der Waals surface area contributed by atoms with Gasteiger partial charge < -0.3 is 9.84 Å². The smallest absolute Gasteiger partial charge is 0.277 e. The van der Waals surface area contributed by atoms with Crippen molar-refractivity contribution in [1.82, 2.24) is 5.48 Å². The molecule has 8 heteroatoms. The number of hydrogen-bond acceptors (Lipinski definition) is 6. The normalized spacial score (nSPS) is 11.8. The molecule has 1 aromatic carbocycles. The SMILES string of the molecule is CCCCCCOc1ccc(N(F)OC(CO)C(=O)NO)cc1. The third-order valence-corrected chi connectivity index (χ3v) is 3.09. The highest BCUT2D eigenvalue weighted by Crippen LogP contribution is 2.21. The van der Waals surface area contributed by atoms with Crippen molar-refractivity contribution < 1.29 is 29.2 Å². The molecule has 0 bridgehead atoms. The molecule has 0 saturated heterocycles. The van der Waals surface area contributed by atoms with E-state index in [1.165, 1.54) is 24.0 Å². The standard InChI is InChI=1S/C15H23FN2O5/c1-2-3-4-5-10-22-13-8-6-12(7-9-13)18(16)23-14(11-19)15(20)17-21/h6-9,14,19,21H,2-5,10-11H2,1H3,(H,17,20). The monoisotopic (exact) mass is 330 g/mol. The summed E-state index contributed by atoms with van der Waals surface area (Å²) in [6.07, 6.45) is 2.84. The summed E-state index contributed by atoms with van der Waals surface area (Å²) in [5, 5.41) is 17.2. The lowest BCUT2D eigenvalue weighted by molar-refractivity contribution is -0.150. The fourth-order valence-electron chi connectivity index (χ4n) is 1.79. The van der Waals surface area contributed by atoms with Crippen molar-refractivity contribution in [2.45, 2.75) is 38.7 Å². The Hall–Kier alpha value is -1.90. The van der Waals surface area contributed by atoms with E-state index in [9.17, 15) is 9.28 Å². The van der Waals surface area contributed by atoms with E-state index in [2.05, 4.69) is 11.8 Å². The van der Waals surface area contributed by atoms with Crippen LogP contribution >= 0.6 is 0 Å². The predicted molar refractivity (Wildman–Crippen MR) is 81.6 cm³/mol. The molecule has 0 saturated carbocycles. The molecule has 1 aromatic rings. The van der Waals surface area contributed by atoms with E-state index in [-0.39, 0.29) is 11.0 Å². The highest BCUT2D eigenvalue weighted by molar-refractivity contribution is 5.79. The van der Waals surface area contributed by atoms with Crippen molar-refractivity contribution in [3.63, 3.8) is 0 Å². The van der Waals surface area contributed by atoms with Gasteiger partial charge in [-0.2, -0.15) is 0 Å². The van der Waals surface area contributed by atoms with Crippen LogP contribution < -0.4 is 15.5 Å². The van der Waals surface area contributed by atoms with Crippen LogP contribution in [0.2, 0.25) is 0 Å². The third-order valence-electron chi connectivity index (χ3n) is 3.09. The van der Waals surface area contributed by atoms with Crippen LogP contribution in [0.15, 0.2) is 24.3 Å². The Morgan fingerprint density at radius 2 is 2.00 bits per heavy atom. The molecule has 1 rings (SSSR count). The number of rotatable bonds is 11. The number of ether oxygens (including phenoxy) is 1. The summed E-state index contributed by atoms with van der Waals surface area (Å²) in [7, 11) is 0. The molecular weight excluding hydrogens is 307 g/mol. The minimum absolute atomic E-state index is 0.0209. The average molecular weight is 330 g/mol. The zero-order valence-corrected chi connectivity index (χ0v) is 13.1. The average Bonchev–Trinajstić information content (AvgIpc) is 2.59. The van der Waals surface area contributed by atoms with Gasteiger partial charge in [0.1, 0.15) is 11.4 Å². The maximum atomic E-state index is 13.8. The van der Waals surface area contributed by atoms with E-state index < -0.39 is 18.6 Å². The van der Waals surface area contributed by atoms with Gasteiger partial charge in [0.2, 0.25) is 0 Å². The second-order valence-corrected chi connectivity index (χ2v) is 4.90. The Labute approximate surface area is 134 Å². The first kappa shape index (κ1) is 19.1. The minimum Gasteiger partial charge on any atom is -0.494 e. The number of hydrogen-bond donors (Lipinski definition) is 3. The van der Waals surface area contributed by atoms with Crippen molar-refractivity contribution in [2.24, 2.45) is 0 Å². The molecule has 1 unspecified atom stereocenters. The van der Waals surface area contributed by atoms with Gasteiger partial charge in [-0.15, -0.1) is 0 Å².